The van der Waals surface area contributed by atoms with Crippen molar-refractivity contribution in [3.05, 3.63) is 35.9 Å². The summed E-state index contributed by atoms with van der Waals surface area (Å²) < 4.78 is 11.1. The number of hydrogen-bond donors (Lipinski definition) is 1. The van der Waals surface area contributed by atoms with Crippen LogP contribution in [0.5, 0.6) is 11.5 Å². The molecule has 0 radical (unpaired) electrons. The van der Waals surface area contributed by atoms with Gasteiger partial charge in [-0.25, -0.2) is 0 Å². The van der Waals surface area contributed by atoms with Crippen molar-refractivity contribution in [2.24, 2.45) is 41.4 Å². The third-order valence-corrected chi connectivity index (χ3v) is 7.59. The average molecular weight is 310 g/mol. The summed E-state index contributed by atoms with van der Waals surface area (Å²) in [4.78, 5) is 0. The molecule has 7 rings (SSSR count). The Morgan fingerprint density at radius 3 is 2.78 bits per heavy atom. The molecule has 0 spiro atoms. The van der Waals surface area contributed by atoms with Crippen molar-refractivity contribution < 1.29 is 14.6 Å². The summed E-state index contributed by atoms with van der Waals surface area (Å²) in [6.45, 7) is 0.703. The minimum absolute atomic E-state index is 0.351. The van der Waals surface area contributed by atoms with Crippen LogP contribution < -0.4 is 9.47 Å². The Kier molecular flexibility index (Phi) is 2.42. The maximum Gasteiger partial charge on any atom is 0.231 e. The largest absolute Gasteiger partial charge is 0.454 e. The Labute approximate surface area is 136 Å². The van der Waals surface area contributed by atoms with Crippen LogP contribution in [0.15, 0.2) is 30.4 Å². The smallest absolute Gasteiger partial charge is 0.231 e. The highest BCUT2D eigenvalue weighted by molar-refractivity contribution is 5.47. The van der Waals surface area contributed by atoms with E-state index in [2.05, 4.69) is 30.4 Å². The molecule has 1 aromatic carbocycles. The molecule has 8 unspecified atom stereocenters. The van der Waals surface area contributed by atoms with Gasteiger partial charge in [-0.1, -0.05) is 18.2 Å². The van der Waals surface area contributed by atoms with Crippen LogP contribution in [-0.2, 0) is 0 Å². The summed E-state index contributed by atoms with van der Waals surface area (Å²) in [6, 6.07) is 6.58. The molecule has 4 bridgehead atoms. The Balaban J connectivity index is 1.42. The molecule has 3 nitrogen and oxygen atoms in total. The molecule has 1 aliphatic heterocycles. The van der Waals surface area contributed by atoms with E-state index in [1.54, 1.807) is 0 Å². The second-order valence-corrected chi connectivity index (χ2v) is 8.07. The van der Waals surface area contributed by atoms with Gasteiger partial charge in [-0.2, -0.15) is 0 Å². The van der Waals surface area contributed by atoms with Gasteiger partial charge in [0.05, 0.1) is 0 Å². The molecule has 5 aliphatic carbocycles. The molecule has 0 aromatic heterocycles. The van der Waals surface area contributed by atoms with Crippen LogP contribution in [0, 0.1) is 41.4 Å². The summed E-state index contributed by atoms with van der Waals surface area (Å²) in [5.74, 6) is 8.01. The Hall–Kier alpha value is -1.48. The zero-order valence-electron chi connectivity index (χ0n) is 13.1. The van der Waals surface area contributed by atoms with Crippen molar-refractivity contribution in [3.8, 4) is 11.5 Å². The molecular weight excluding hydrogens is 288 g/mol. The van der Waals surface area contributed by atoms with Crippen molar-refractivity contribution in [2.45, 2.75) is 18.8 Å². The van der Waals surface area contributed by atoms with Crippen molar-refractivity contribution in [1.82, 2.24) is 0 Å². The minimum atomic E-state index is 0.351. The molecule has 120 valence electrons. The molecular formula is C20H22O3. The number of allylic oxidation sites excluding steroid dienone is 2. The van der Waals surface area contributed by atoms with Crippen LogP contribution in [0.3, 0.4) is 0 Å². The van der Waals surface area contributed by atoms with E-state index in [4.69, 9.17) is 9.47 Å². The third kappa shape index (κ3) is 1.46. The number of hydrogen-bond acceptors (Lipinski definition) is 3. The zero-order chi connectivity index (χ0) is 15.1. The first-order valence-corrected chi connectivity index (χ1v) is 9.05. The molecule has 23 heavy (non-hydrogen) atoms. The fourth-order valence-corrected chi connectivity index (χ4v) is 7.00. The van der Waals surface area contributed by atoms with E-state index in [1.807, 2.05) is 0 Å². The molecule has 3 saturated carbocycles. The molecule has 8 atom stereocenters. The molecule has 0 amide bonds. The van der Waals surface area contributed by atoms with Gasteiger partial charge in [0.15, 0.2) is 11.5 Å². The second-order valence-electron chi connectivity index (χ2n) is 8.07. The Morgan fingerprint density at radius 2 is 1.87 bits per heavy atom. The number of rotatable bonds is 3. The van der Waals surface area contributed by atoms with Crippen LogP contribution >= 0.6 is 0 Å². The number of aliphatic hydroxyl groups is 1. The van der Waals surface area contributed by atoms with Gasteiger partial charge in [0.25, 0.3) is 0 Å². The lowest BCUT2D eigenvalue weighted by atomic mass is 9.45. The van der Waals surface area contributed by atoms with Gasteiger partial charge in [-0.05, 0) is 77.9 Å². The molecule has 3 fully saturated rings. The van der Waals surface area contributed by atoms with E-state index in [0.29, 0.717) is 25.2 Å². The lowest BCUT2D eigenvalue weighted by molar-refractivity contribution is -0.0788. The summed E-state index contributed by atoms with van der Waals surface area (Å²) >= 11 is 0. The maximum atomic E-state index is 9.46. The minimum Gasteiger partial charge on any atom is -0.454 e. The molecule has 3 heteroatoms. The molecule has 1 heterocycles. The standard InChI is InChI=1S/C20H22O3/c21-6-5-12-15-8-14-11-2-3-13(19(12)20(11)15)18(14)10-1-4-16-17(7-10)23-9-22-16/h1-4,7,11-15,18-21H,5-6,8-9H2. The van der Waals surface area contributed by atoms with E-state index < -0.39 is 0 Å². The molecule has 6 aliphatic rings. The van der Waals surface area contributed by atoms with Gasteiger partial charge in [0, 0.05) is 6.61 Å². The Bertz CT molecular complexity index is 696. The first-order chi connectivity index (χ1) is 11.4. The van der Waals surface area contributed by atoms with E-state index in [0.717, 1.165) is 53.4 Å². The summed E-state index contributed by atoms with van der Waals surface area (Å²) in [5.41, 5.74) is 1.44. The van der Waals surface area contributed by atoms with E-state index in [1.165, 1.54) is 12.0 Å². The highest BCUT2D eigenvalue weighted by atomic mass is 16.7. The van der Waals surface area contributed by atoms with E-state index >= 15 is 0 Å². The highest BCUT2D eigenvalue weighted by Gasteiger charge is 2.68. The van der Waals surface area contributed by atoms with Gasteiger partial charge in [-0.3, -0.25) is 0 Å². The summed E-state index contributed by atoms with van der Waals surface area (Å²) in [5, 5.41) is 9.46. The predicted octanol–water partition coefficient (Wildman–Crippen LogP) is 3.20. The second kappa shape index (κ2) is 4.32. The SMILES string of the molecule is OCCC1C2CC3C4C=CC(C3c3ccc5c(c3)OCO5)C1C42. The van der Waals surface area contributed by atoms with Crippen molar-refractivity contribution in [1.29, 1.82) is 0 Å². The van der Waals surface area contributed by atoms with Crippen LogP contribution in [0.2, 0.25) is 0 Å². The third-order valence-electron chi connectivity index (χ3n) is 7.59. The molecule has 1 aromatic rings. The van der Waals surface area contributed by atoms with Gasteiger partial charge in [0.2, 0.25) is 6.79 Å². The van der Waals surface area contributed by atoms with Crippen molar-refractivity contribution in [2.75, 3.05) is 13.4 Å². The maximum absolute atomic E-state index is 9.46. The number of benzene rings is 1. The number of aliphatic hydroxyl groups excluding tert-OH is 1. The van der Waals surface area contributed by atoms with Crippen LogP contribution in [-0.4, -0.2) is 18.5 Å². The lowest BCUT2D eigenvalue weighted by Gasteiger charge is -2.59. The number of fused-ring (bicyclic) bond motifs is 1. The van der Waals surface area contributed by atoms with Crippen molar-refractivity contribution >= 4 is 0 Å². The fraction of sp³-hybridized carbons (Fsp3) is 0.600. The van der Waals surface area contributed by atoms with Gasteiger partial charge < -0.3 is 14.6 Å². The fourth-order valence-electron chi connectivity index (χ4n) is 7.00. The van der Waals surface area contributed by atoms with Gasteiger partial charge in [-0.15, -0.1) is 0 Å². The zero-order valence-corrected chi connectivity index (χ0v) is 13.1. The highest BCUT2D eigenvalue weighted by Crippen LogP contribution is 2.74. The Morgan fingerprint density at radius 1 is 1.00 bits per heavy atom. The summed E-state index contributed by atoms with van der Waals surface area (Å²) in [6.07, 6.45) is 7.39. The van der Waals surface area contributed by atoms with Crippen LogP contribution in [0.1, 0.15) is 24.3 Å². The normalized spacial score (nSPS) is 47.0. The topological polar surface area (TPSA) is 38.7 Å². The van der Waals surface area contributed by atoms with E-state index in [-0.39, 0.29) is 0 Å². The van der Waals surface area contributed by atoms with Crippen LogP contribution in [0.25, 0.3) is 0 Å². The predicted molar refractivity (Wildman–Crippen MR) is 85.2 cm³/mol. The van der Waals surface area contributed by atoms with Crippen molar-refractivity contribution in [3.63, 3.8) is 0 Å². The van der Waals surface area contributed by atoms with E-state index in [9.17, 15) is 5.11 Å². The quantitative estimate of drug-likeness (QED) is 0.871. The first-order valence-electron chi connectivity index (χ1n) is 9.05. The number of ether oxygens (including phenoxy) is 2. The van der Waals surface area contributed by atoms with Crippen LogP contribution in [0.4, 0.5) is 0 Å². The monoisotopic (exact) mass is 310 g/mol. The average Bonchev–Trinajstić information content (AvgIpc) is 3.11. The van der Waals surface area contributed by atoms with Gasteiger partial charge in [0.1, 0.15) is 0 Å². The lowest BCUT2D eigenvalue weighted by Crippen LogP contribution is -2.54. The summed E-state index contributed by atoms with van der Waals surface area (Å²) in [7, 11) is 0. The molecule has 0 saturated heterocycles. The first kappa shape index (κ1) is 12.9. The van der Waals surface area contributed by atoms with Gasteiger partial charge >= 0.3 is 0 Å². The molecule has 1 N–H and O–H groups in total.